The van der Waals surface area contributed by atoms with Gasteiger partial charge in [-0.2, -0.15) is 0 Å². The second-order valence-corrected chi connectivity index (χ2v) is 8.14. The Hall–Kier alpha value is -2.90. The molecule has 28 heavy (non-hydrogen) atoms. The number of carbonyl (C=O) groups excluding carboxylic acids is 1. The highest BCUT2D eigenvalue weighted by molar-refractivity contribution is 7.92. The molecule has 0 saturated heterocycles. The van der Waals surface area contributed by atoms with E-state index in [1.807, 2.05) is 13.0 Å². The lowest BCUT2D eigenvalue weighted by Gasteiger charge is -2.10. The number of hydrogen-bond donors (Lipinski definition) is 2. The van der Waals surface area contributed by atoms with Crippen LogP contribution in [0.1, 0.15) is 15.9 Å². The van der Waals surface area contributed by atoms with Crippen LogP contribution in [0.15, 0.2) is 71.6 Å². The largest absolute Gasteiger partial charge is 0.321 e. The van der Waals surface area contributed by atoms with Gasteiger partial charge in [0.1, 0.15) is 5.82 Å². The molecule has 3 aromatic carbocycles. The fraction of sp³-hybridized carbons (Fsp3) is 0.0500. The van der Waals surface area contributed by atoms with E-state index in [-0.39, 0.29) is 16.1 Å². The van der Waals surface area contributed by atoms with Gasteiger partial charge in [-0.05, 0) is 61.0 Å². The Morgan fingerprint density at radius 1 is 0.964 bits per heavy atom. The van der Waals surface area contributed by atoms with Gasteiger partial charge < -0.3 is 5.32 Å². The Morgan fingerprint density at radius 2 is 1.64 bits per heavy atom. The Kier molecular flexibility index (Phi) is 5.67. The molecule has 0 aliphatic carbocycles. The van der Waals surface area contributed by atoms with Crippen LogP contribution in [-0.2, 0) is 10.0 Å². The SMILES string of the molecule is Cc1ccc(NC(=O)c2ccc(S(=O)(=O)Nc3ccccc3F)cc2)c(Cl)c1. The average molecular weight is 419 g/mol. The van der Waals surface area contributed by atoms with Crippen LogP contribution >= 0.6 is 11.6 Å². The number of sulfonamides is 1. The zero-order chi connectivity index (χ0) is 20.3. The first kappa shape index (κ1) is 19.9. The number of amides is 1. The quantitative estimate of drug-likeness (QED) is 0.622. The minimum Gasteiger partial charge on any atom is -0.321 e. The average Bonchev–Trinajstić information content (AvgIpc) is 2.66. The van der Waals surface area contributed by atoms with Gasteiger partial charge in [-0.3, -0.25) is 9.52 Å². The third-order valence-corrected chi connectivity index (χ3v) is 5.61. The molecule has 0 aromatic heterocycles. The molecule has 5 nitrogen and oxygen atoms in total. The standard InChI is InChI=1S/C20H16ClFN2O3S/c1-13-6-11-18(16(21)12-13)23-20(25)14-7-9-15(10-8-14)28(26,27)24-19-5-3-2-4-17(19)22/h2-12,24H,1H3,(H,23,25). The van der Waals surface area contributed by atoms with Gasteiger partial charge in [-0.15, -0.1) is 0 Å². The van der Waals surface area contributed by atoms with Crippen molar-refractivity contribution in [2.24, 2.45) is 0 Å². The van der Waals surface area contributed by atoms with Crippen molar-refractivity contribution in [1.82, 2.24) is 0 Å². The summed E-state index contributed by atoms with van der Waals surface area (Å²) in [4.78, 5) is 12.3. The van der Waals surface area contributed by atoms with Crippen molar-refractivity contribution in [3.05, 3.63) is 88.7 Å². The van der Waals surface area contributed by atoms with Gasteiger partial charge in [-0.1, -0.05) is 29.8 Å². The fourth-order valence-corrected chi connectivity index (χ4v) is 3.80. The molecule has 2 N–H and O–H groups in total. The van der Waals surface area contributed by atoms with E-state index in [1.54, 1.807) is 12.1 Å². The normalized spacial score (nSPS) is 11.1. The number of halogens is 2. The van der Waals surface area contributed by atoms with Crippen LogP contribution in [0.4, 0.5) is 15.8 Å². The van der Waals surface area contributed by atoms with E-state index in [9.17, 15) is 17.6 Å². The van der Waals surface area contributed by atoms with Crippen molar-refractivity contribution in [1.29, 1.82) is 0 Å². The lowest BCUT2D eigenvalue weighted by Crippen LogP contribution is -2.15. The summed E-state index contributed by atoms with van der Waals surface area (Å²) in [7, 11) is -3.99. The van der Waals surface area contributed by atoms with Gasteiger partial charge in [0.05, 0.1) is 21.3 Å². The number of anilines is 2. The van der Waals surface area contributed by atoms with E-state index in [4.69, 9.17) is 11.6 Å². The predicted octanol–water partition coefficient (Wildman–Crippen LogP) is 4.84. The summed E-state index contributed by atoms with van der Waals surface area (Å²) in [5.41, 5.74) is 1.51. The van der Waals surface area contributed by atoms with E-state index < -0.39 is 21.7 Å². The number of para-hydroxylation sites is 1. The first-order valence-electron chi connectivity index (χ1n) is 8.21. The molecule has 3 rings (SSSR count). The van der Waals surface area contributed by atoms with E-state index in [0.717, 1.165) is 11.6 Å². The molecule has 1 amide bonds. The predicted molar refractivity (Wildman–Crippen MR) is 108 cm³/mol. The van der Waals surface area contributed by atoms with Gasteiger partial charge in [-0.25, -0.2) is 12.8 Å². The van der Waals surface area contributed by atoms with Crippen LogP contribution in [0, 0.1) is 12.7 Å². The van der Waals surface area contributed by atoms with E-state index in [0.29, 0.717) is 10.7 Å². The van der Waals surface area contributed by atoms with Crippen LogP contribution in [0.2, 0.25) is 5.02 Å². The number of benzene rings is 3. The molecule has 0 atom stereocenters. The smallest absolute Gasteiger partial charge is 0.261 e. The van der Waals surface area contributed by atoms with Gasteiger partial charge in [0.15, 0.2) is 0 Å². The van der Waals surface area contributed by atoms with Crippen molar-refractivity contribution >= 4 is 38.9 Å². The Balaban J connectivity index is 1.77. The third-order valence-electron chi connectivity index (χ3n) is 3.92. The summed E-state index contributed by atoms with van der Waals surface area (Å²) in [6.07, 6.45) is 0. The van der Waals surface area contributed by atoms with Crippen molar-refractivity contribution < 1.29 is 17.6 Å². The lowest BCUT2D eigenvalue weighted by molar-refractivity contribution is 0.102. The highest BCUT2D eigenvalue weighted by Crippen LogP contribution is 2.24. The molecule has 0 saturated carbocycles. The van der Waals surface area contributed by atoms with Crippen LogP contribution in [0.5, 0.6) is 0 Å². The van der Waals surface area contributed by atoms with Gasteiger partial charge in [0, 0.05) is 5.56 Å². The highest BCUT2D eigenvalue weighted by Gasteiger charge is 2.17. The van der Waals surface area contributed by atoms with Crippen molar-refractivity contribution in [2.45, 2.75) is 11.8 Å². The second-order valence-electron chi connectivity index (χ2n) is 6.05. The van der Waals surface area contributed by atoms with Crippen LogP contribution in [0.25, 0.3) is 0 Å². The molecule has 0 fully saturated rings. The monoisotopic (exact) mass is 418 g/mol. The topological polar surface area (TPSA) is 75.3 Å². The molecule has 144 valence electrons. The minimum atomic E-state index is -3.99. The molecule has 0 spiro atoms. The number of hydrogen-bond acceptors (Lipinski definition) is 3. The van der Waals surface area contributed by atoms with Gasteiger partial charge in [0.2, 0.25) is 0 Å². The third kappa shape index (κ3) is 4.49. The number of nitrogens with one attached hydrogen (secondary N) is 2. The summed E-state index contributed by atoms with van der Waals surface area (Å²) < 4.78 is 40.7. The molecular weight excluding hydrogens is 403 g/mol. The van der Waals surface area contributed by atoms with E-state index >= 15 is 0 Å². The molecule has 0 radical (unpaired) electrons. The summed E-state index contributed by atoms with van der Waals surface area (Å²) in [5, 5.41) is 3.08. The Bertz CT molecular complexity index is 1130. The summed E-state index contributed by atoms with van der Waals surface area (Å²) in [6.45, 7) is 1.88. The van der Waals surface area contributed by atoms with Crippen molar-refractivity contribution in [3.63, 3.8) is 0 Å². The first-order chi connectivity index (χ1) is 13.3. The maximum absolute atomic E-state index is 13.7. The van der Waals surface area contributed by atoms with Crippen LogP contribution < -0.4 is 10.0 Å². The van der Waals surface area contributed by atoms with Gasteiger partial charge >= 0.3 is 0 Å². The lowest BCUT2D eigenvalue weighted by atomic mass is 10.2. The van der Waals surface area contributed by atoms with E-state index in [2.05, 4.69) is 10.0 Å². The van der Waals surface area contributed by atoms with Crippen molar-refractivity contribution in [2.75, 3.05) is 10.0 Å². The fourth-order valence-electron chi connectivity index (χ4n) is 2.45. The minimum absolute atomic E-state index is 0.0966. The van der Waals surface area contributed by atoms with Crippen LogP contribution in [-0.4, -0.2) is 14.3 Å². The highest BCUT2D eigenvalue weighted by atomic mass is 35.5. The Labute approximate surface area is 167 Å². The second kappa shape index (κ2) is 8.00. The molecule has 8 heteroatoms. The summed E-state index contributed by atoms with van der Waals surface area (Å²) in [5.74, 6) is -1.12. The zero-order valence-corrected chi connectivity index (χ0v) is 16.3. The number of carbonyl (C=O) groups is 1. The maximum atomic E-state index is 13.7. The van der Waals surface area contributed by atoms with Crippen molar-refractivity contribution in [3.8, 4) is 0 Å². The molecular formula is C20H16ClFN2O3S. The molecule has 0 bridgehead atoms. The number of rotatable bonds is 5. The first-order valence-corrected chi connectivity index (χ1v) is 10.1. The number of aryl methyl sites for hydroxylation is 1. The molecule has 0 aliphatic heterocycles. The molecule has 0 aliphatic rings. The van der Waals surface area contributed by atoms with Crippen LogP contribution in [0.3, 0.4) is 0 Å². The molecule has 0 heterocycles. The molecule has 3 aromatic rings. The van der Waals surface area contributed by atoms with E-state index in [1.165, 1.54) is 42.5 Å². The summed E-state index contributed by atoms with van der Waals surface area (Å²) >= 11 is 6.10. The van der Waals surface area contributed by atoms with Gasteiger partial charge in [0.25, 0.3) is 15.9 Å². The Morgan fingerprint density at radius 3 is 2.29 bits per heavy atom. The maximum Gasteiger partial charge on any atom is 0.261 e. The summed E-state index contributed by atoms with van der Waals surface area (Å²) in [6, 6.07) is 16.0. The zero-order valence-electron chi connectivity index (χ0n) is 14.7. The molecule has 0 unspecified atom stereocenters.